The Hall–Kier alpha value is -1.49. The van der Waals surface area contributed by atoms with Crippen molar-refractivity contribution in [2.75, 3.05) is 0 Å². The molecule has 0 spiro atoms. The lowest BCUT2D eigenvalue weighted by Gasteiger charge is -1.98. The lowest BCUT2D eigenvalue weighted by Crippen LogP contribution is -2.17. The predicted octanol–water partition coefficient (Wildman–Crippen LogP) is 0.0140. The summed E-state index contributed by atoms with van der Waals surface area (Å²) < 4.78 is 1.84. The van der Waals surface area contributed by atoms with Gasteiger partial charge in [-0.2, -0.15) is 5.10 Å². The Morgan fingerprint density at radius 3 is 3.15 bits per heavy atom. The molecule has 0 aliphatic rings. The van der Waals surface area contributed by atoms with Crippen molar-refractivity contribution in [3.63, 3.8) is 0 Å². The van der Waals surface area contributed by atoms with Crippen LogP contribution in [0.15, 0.2) is 18.6 Å². The summed E-state index contributed by atoms with van der Waals surface area (Å²) in [4.78, 5) is 4.26. The lowest BCUT2D eigenvalue weighted by atomic mass is 10.2. The largest absolute Gasteiger partial charge is 0.328 e. The quantitative estimate of drug-likeness (QED) is 0.701. The van der Waals surface area contributed by atoms with E-state index in [2.05, 4.69) is 15.2 Å². The molecule has 0 amide bonds. The molecule has 0 aliphatic carbocycles. The summed E-state index contributed by atoms with van der Waals surface area (Å²) >= 11 is 0. The van der Waals surface area contributed by atoms with Crippen LogP contribution in [0.2, 0.25) is 0 Å². The summed E-state index contributed by atoms with van der Waals surface area (Å²) in [5.74, 6) is 0.623. The van der Waals surface area contributed by atoms with Crippen LogP contribution in [0.5, 0.6) is 0 Å². The molecule has 0 aliphatic heterocycles. The van der Waals surface area contributed by atoms with Gasteiger partial charge in [0.25, 0.3) is 5.78 Å². The van der Waals surface area contributed by atoms with E-state index in [1.165, 1.54) is 0 Å². The van der Waals surface area contributed by atoms with Gasteiger partial charge in [0.15, 0.2) is 0 Å². The van der Waals surface area contributed by atoms with Gasteiger partial charge in [-0.05, 0) is 6.92 Å². The number of nitrogens with zero attached hydrogens (tertiary/aromatic N) is 4. The van der Waals surface area contributed by atoms with Crippen molar-refractivity contribution in [1.29, 1.82) is 0 Å². The summed E-state index contributed by atoms with van der Waals surface area (Å²) in [6.45, 7) is 1.95. The number of nitrogens with two attached hydrogens (primary N) is 1. The molecule has 68 valence electrons. The predicted molar refractivity (Wildman–Crippen MR) is 48.1 cm³/mol. The number of imidazole rings is 1. The van der Waals surface area contributed by atoms with E-state index < -0.39 is 0 Å². The maximum Gasteiger partial charge on any atom is 0.253 e. The van der Waals surface area contributed by atoms with Crippen molar-refractivity contribution < 1.29 is 0 Å². The van der Waals surface area contributed by atoms with Gasteiger partial charge in [0.1, 0.15) is 0 Å². The Kier molecular flexibility index (Phi) is 1.94. The molecule has 0 saturated carbocycles. The summed E-state index contributed by atoms with van der Waals surface area (Å²) in [7, 11) is 0. The molecule has 0 radical (unpaired) electrons. The van der Waals surface area contributed by atoms with Gasteiger partial charge < -0.3 is 5.73 Å². The molecule has 1 atom stereocenters. The van der Waals surface area contributed by atoms with Crippen LogP contribution in [-0.4, -0.2) is 25.6 Å². The van der Waals surface area contributed by atoms with E-state index in [4.69, 9.17) is 5.73 Å². The van der Waals surface area contributed by atoms with Gasteiger partial charge in [-0.15, -0.1) is 5.10 Å². The van der Waals surface area contributed by atoms with Crippen LogP contribution in [0.4, 0.5) is 0 Å². The van der Waals surface area contributed by atoms with Gasteiger partial charge in [0, 0.05) is 24.9 Å². The zero-order chi connectivity index (χ0) is 9.26. The van der Waals surface area contributed by atoms with Gasteiger partial charge in [-0.25, -0.2) is 4.98 Å². The first-order chi connectivity index (χ1) is 6.25. The maximum absolute atomic E-state index is 5.66. The average Bonchev–Trinajstić information content (AvgIpc) is 2.44. The first-order valence-electron chi connectivity index (χ1n) is 4.16. The van der Waals surface area contributed by atoms with Crippen LogP contribution >= 0.6 is 0 Å². The molecule has 2 heterocycles. The maximum atomic E-state index is 5.66. The summed E-state index contributed by atoms with van der Waals surface area (Å²) in [6.07, 6.45) is 6.14. The topological polar surface area (TPSA) is 69.1 Å². The van der Waals surface area contributed by atoms with Gasteiger partial charge in [0.2, 0.25) is 0 Å². The van der Waals surface area contributed by atoms with Crippen LogP contribution in [0.1, 0.15) is 12.6 Å². The van der Waals surface area contributed by atoms with Gasteiger partial charge in [0.05, 0.1) is 11.9 Å². The molecule has 1 unspecified atom stereocenters. The molecular weight excluding hydrogens is 166 g/mol. The van der Waals surface area contributed by atoms with E-state index in [1.807, 2.05) is 23.7 Å². The second kappa shape index (κ2) is 3.10. The van der Waals surface area contributed by atoms with Crippen molar-refractivity contribution in [3.8, 4) is 0 Å². The monoisotopic (exact) mass is 177 g/mol. The molecule has 2 aromatic heterocycles. The van der Waals surface area contributed by atoms with Gasteiger partial charge in [-0.1, -0.05) is 0 Å². The van der Waals surface area contributed by atoms with Gasteiger partial charge in [-0.3, -0.25) is 4.40 Å². The smallest absolute Gasteiger partial charge is 0.253 e. The highest BCUT2D eigenvalue weighted by atomic mass is 15.2. The Bertz CT molecular complexity index is 373. The van der Waals surface area contributed by atoms with Gasteiger partial charge >= 0.3 is 0 Å². The molecule has 0 saturated heterocycles. The third-order valence-corrected chi connectivity index (χ3v) is 1.73. The molecular formula is C8H11N5. The van der Waals surface area contributed by atoms with E-state index in [1.54, 1.807) is 6.20 Å². The normalized spacial score (nSPS) is 13.4. The summed E-state index contributed by atoms with van der Waals surface area (Å²) in [5.41, 5.74) is 6.62. The summed E-state index contributed by atoms with van der Waals surface area (Å²) in [5, 5.41) is 7.61. The summed E-state index contributed by atoms with van der Waals surface area (Å²) in [6, 6.07) is 0.123. The van der Waals surface area contributed by atoms with Crippen molar-refractivity contribution in [1.82, 2.24) is 19.6 Å². The van der Waals surface area contributed by atoms with E-state index in [-0.39, 0.29) is 6.04 Å². The highest BCUT2D eigenvalue weighted by Crippen LogP contribution is 2.02. The Balaban J connectivity index is 2.38. The van der Waals surface area contributed by atoms with Crippen molar-refractivity contribution >= 4 is 5.78 Å². The molecule has 0 aromatic carbocycles. The van der Waals surface area contributed by atoms with Crippen molar-refractivity contribution in [2.45, 2.75) is 19.4 Å². The van der Waals surface area contributed by atoms with Crippen LogP contribution < -0.4 is 5.73 Å². The minimum Gasteiger partial charge on any atom is -0.328 e. The fraction of sp³-hybridized carbons (Fsp3) is 0.375. The van der Waals surface area contributed by atoms with Crippen molar-refractivity contribution in [3.05, 3.63) is 24.3 Å². The van der Waals surface area contributed by atoms with Crippen LogP contribution in [-0.2, 0) is 6.42 Å². The number of hydrogen-bond donors (Lipinski definition) is 1. The standard InChI is InChI=1S/C8H11N5/c1-6(9)4-7-5-13-3-2-10-12-8(13)11-7/h2-3,5-6H,4,9H2,1H3. The van der Waals surface area contributed by atoms with Crippen LogP contribution in [0, 0.1) is 0 Å². The molecule has 5 nitrogen and oxygen atoms in total. The van der Waals surface area contributed by atoms with E-state index in [0.717, 1.165) is 12.1 Å². The molecule has 2 aromatic rings. The minimum absolute atomic E-state index is 0.123. The fourth-order valence-electron chi connectivity index (χ4n) is 1.23. The highest BCUT2D eigenvalue weighted by molar-refractivity contribution is 5.28. The third-order valence-electron chi connectivity index (χ3n) is 1.73. The zero-order valence-corrected chi connectivity index (χ0v) is 7.38. The lowest BCUT2D eigenvalue weighted by molar-refractivity contribution is 0.726. The fourth-order valence-corrected chi connectivity index (χ4v) is 1.23. The third kappa shape index (κ3) is 1.65. The Morgan fingerprint density at radius 1 is 1.62 bits per heavy atom. The van der Waals surface area contributed by atoms with Crippen LogP contribution in [0.25, 0.3) is 5.78 Å². The van der Waals surface area contributed by atoms with E-state index >= 15 is 0 Å². The number of hydrogen-bond acceptors (Lipinski definition) is 4. The molecule has 13 heavy (non-hydrogen) atoms. The molecule has 2 rings (SSSR count). The zero-order valence-electron chi connectivity index (χ0n) is 7.38. The second-order valence-corrected chi connectivity index (χ2v) is 3.13. The first-order valence-corrected chi connectivity index (χ1v) is 4.16. The average molecular weight is 177 g/mol. The van der Waals surface area contributed by atoms with E-state index in [9.17, 15) is 0 Å². The second-order valence-electron chi connectivity index (χ2n) is 3.13. The highest BCUT2D eigenvalue weighted by Gasteiger charge is 2.03. The molecule has 2 N–H and O–H groups in total. The molecule has 0 bridgehead atoms. The Labute approximate surface area is 75.6 Å². The number of aromatic nitrogens is 4. The van der Waals surface area contributed by atoms with E-state index in [0.29, 0.717) is 5.78 Å². The minimum atomic E-state index is 0.123. The first kappa shape index (κ1) is 8.12. The molecule has 0 fully saturated rings. The van der Waals surface area contributed by atoms with Crippen molar-refractivity contribution in [2.24, 2.45) is 5.73 Å². The Morgan fingerprint density at radius 2 is 2.46 bits per heavy atom. The number of rotatable bonds is 2. The molecule has 5 heteroatoms. The number of fused-ring (bicyclic) bond motifs is 1. The SMILES string of the molecule is CC(N)Cc1cn2ccnnc2n1. The van der Waals surface area contributed by atoms with Crippen LogP contribution in [0.3, 0.4) is 0 Å².